The molecule has 132 valence electrons. The molecule has 0 saturated carbocycles. The average molecular weight is 363 g/mol. The summed E-state index contributed by atoms with van der Waals surface area (Å²) in [6.07, 6.45) is 0. The highest BCUT2D eigenvalue weighted by Gasteiger charge is 2.13. The Morgan fingerprint density at radius 1 is 0.962 bits per heavy atom. The smallest absolute Gasteiger partial charge is 0.196 e. The molecule has 0 unspecified atom stereocenters. The van der Waals surface area contributed by atoms with Gasteiger partial charge in [0, 0.05) is 17.2 Å². The number of aryl methyl sites for hydroxylation is 3. The van der Waals surface area contributed by atoms with Crippen molar-refractivity contribution in [1.29, 1.82) is 0 Å². The van der Waals surface area contributed by atoms with E-state index in [-0.39, 0.29) is 0 Å². The van der Waals surface area contributed by atoms with E-state index in [1.165, 1.54) is 27.6 Å². The first-order valence-electron chi connectivity index (χ1n) is 8.58. The van der Waals surface area contributed by atoms with Crippen LogP contribution in [0.15, 0.2) is 47.6 Å². The molecule has 0 atom stereocenters. The van der Waals surface area contributed by atoms with E-state index < -0.39 is 0 Å². The third-order valence-electron chi connectivity index (χ3n) is 4.74. The first-order chi connectivity index (χ1) is 12.6. The van der Waals surface area contributed by atoms with Gasteiger partial charge in [0.2, 0.25) is 0 Å². The number of nitrogens with zero attached hydrogens (tertiary/aromatic N) is 3. The molecule has 0 saturated heterocycles. The van der Waals surface area contributed by atoms with Crippen molar-refractivity contribution in [3.8, 4) is 5.75 Å². The summed E-state index contributed by atoms with van der Waals surface area (Å²) in [4.78, 5) is 0. The third kappa shape index (κ3) is 2.92. The standard InChI is InChI=1S/C21H21N3OS/c1-13-5-6-14(2)16(9-13)12-26-21-23-22-20-10-15(3)18-8-7-17(25-4)11-19(18)24(20)21/h5-11H,12H2,1-4H3. The predicted octanol–water partition coefficient (Wildman–Crippen LogP) is 5.11. The van der Waals surface area contributed by atoms with Gasteiger partial charge < -0.3 is 4.74 Å². The van der Waals surface area contributed by atoms with Crippen LogP contribution in [0.3, 0.4) is 0 Å². The normalized spacial score (nSPS) is 11.4. The lowest BCUT2D eigenvalue weighted by Crippen LogP contribution is -1.95. The molecular formula is C21H21N3OS. The molecule has 0 fully saturated rings. The third-order valence-corrected chi connectivity index (χ3v) is 5.71. The minimum absolute atomic E-state index is 0.837. The van der Waals surface area contributed by atoms with Crippen LogP contribution in [-0.2, 0) is 5.75 Å². The lowest BCUT2D eigenvalue weighted by Gasteiger charge is -2.10. The molecule has 26 heavy (non-hydrogen) atoms. The van der Waals surface area contributed by atoms with Gasteiger partial charge in [0.25, 0.3) is 0 Å². The summed E-state index contributed by atoms with van der Waals surface area (Å²) < 4.78 is 7.55. The van der Waals surface area contributed by atoms with Crippen molar-refractivity contribution in [3.63, 3.8) is 0 Å². The molecule has 0 N–H and O–H groups in total. The molecule has 0 aliphatic rings. The minimum Gasteiger partial charge on any atom is -0.497 e. The van der Waals surface area contributed by atoms with Gasteiger partial charge in [0.05, 0.1) is 12.6 Å². The number of hydrogen-bond donors (Lipinski definition) is 0. The Morgan fingerprint density at radius 3 is 2.62 bits per heavy atom. The molecule has 0 spiro atoms. The van der Waals surface area contributed by atoms with Gasteiger partial charge in [-0.05, 0) is 55.7 Å². The van der Waals surface area contributed by atoms with E-state index in [0.29, 0.717) is 0 Å². The van der Waals surface area contributed by atoms with Crippen LogP contribution in [0.2, 0.25) is 0 Å². The van der Waals surface area contributed by atoms with Gasteiger partial charge in [-0.3, -0.25) is 4.40 Å². The van der Waals surface area contributed by atoms with Crippen molar-refractivity contribution in [2.75, 3.05) is 7.11 Å². The lowest BCUT2D eigenvalue weighted by atomic mass is 10.1. The summed E-state index contributed by atoms with van der Waals surface area (Å²) in [6, 6.07) is 14.8. The zero-order valence-electron chi connectivity index (χ0n) is 15.4. The maximum atomic E-state index is 5.42. The zero-order chi connectivity index (χ0) is 18.3. The fourth-order valence-corrected chi connectivity index (χ4v) is 4.24. The predicted molar refractivity (Wildman–Crippen MR) is 107 cm³/mol. The second-order valence-electron chi connectivity index (χ2n) is 6.61. The van der Waals surface area contributed by atoms with E-state index in [1.54, 1.807) is 18.9 Å². The first-order valence-corrected chi connectivity index (χ1v) is 9.57. The number of aromatic nitrogens is 3. The zero-order valence-corrected chi connectivity index (χ0v) is 16.2. The summed E-state index contributed by atoms with van der Waals surface area (Å²) in [6.45, 7) is 6.38. The molecule has 2 aromatic carbocycles. The molecule has 0 aliphatic heterocycles. The number of hydrogen-bond acceptors (Lipinski definition) is 4. The quantitative estimate of drug-likeness (QED) is 0.472. The van der Waals surface area contributed by atoms with E-state index >= 15 is 0 Å². The molecule has 4 rings (SSSR count). The fourth-order valence-electron chi connectivity index (χ4n) is 3.22. The largest absolute Gasteiger partial charge is 0.497 e. The molecule has 2 aromatic heterocycles. The Hall–Kier alpha value is -2.53. The van der Waals surface area contributed by atoms with Crippen molar-refractivity contribution in [3.05, 3.63) is 64.7 Å². The molecule has 5 heteroatoms. The van der Waals surface area contributed by atoms with Crippen molar-refractivity contribution in [2.24, 2.45) is 0 Å². The molecule has 4 aromatic rings. The van der Waals surface area contributed by atoms with E-state index in [2.05, 4.69) is 71.8 Å². The minimum atomic E-state index is 0.837. The Morgan fingerprint density at radius 2 is 1.81 bits per heavy atom. The Balaban J connectivity index is 1.80. The van der Waals surface area contributed by atoms with Crippen LogP contribution in [0, 0.1) is 20.8 Å². The molecule has 0 bridgehead atoms. The molecule has 0 amide bonds. The molecule has 0 radical (unpaired) electrons. The number of rotatable bonds is 4. The van der Waals surface area contributed by atoms with Crippen molar-refractivity contribution < 1.29 is 4.74 Å². The molecule has 0 aliphatic carbocycles. The average Bonchev–Trinajstić information content (AvgIpc) is 3.05. The van der Waals surface area contributed by atoms with Gasteiger partial charge >= 0.3 is 0 Å². The summed E-state index contributed by atoms with van der Waals surface area (Å²) in [5.74, 6) is 1.71. The highest BCUT2D eigenvalue weighted by Crippen LogP contribution is 2.30. The number of ether oxygens (including phenoxy) is 1. The van der Waals surface area contributed by atoms with Crippen molar-refractivity contribution in [1.82, 2.24) is 14.6 Å². The van der Waals surface area contributed by atoms with Gasteiger partial charge in [-0.15, -0.1) is 10.2 Å². The monoisotopic (exact) mass is 363 g/mol. The lowest BCUT2D eigenvalue weighted by molar-refractivity contribution is 0.415. The van der Waals surface area contributed by atoms with Crippen LogP contribution >= 0.6 is 11.8 Å². The highest BCUT2D eigenvalue weighted by molar-refractivity contribution is 7.98. The topological polar surface area (TPSA) is 39.4 Å². The maximum absolute atomic E-state index is 5.42. The second-order valence-corrected chi connectivity index (χ2v) is 7.55. The summed E-state index contributed by atoms with van der Waals surface area (Å²) in [5.41, 5.74) is 7.05. The number of thioether (sulfide) groups is 1. The van der Waals surface area contributed by atoms with Gasteiger partial charge in [-0.1, -0.05) is 35.5 Å². The summed E-state index contributed by atoms with van der Waals surface area (Å²) >= 11 is 1.72. The van der Waals surface area contributed by atoms with Crippen molar-refractivity contribution in [2.45, 2.75) is 31.7 Å². The molecule has 2 heterocycles. The van der Waals surface area contributed by atoms with Gasteiger partial charge in [0.1, 0.15) is 5.75 Å². The SMILES string of the molecule is COc1ccc2c(C)cc3nnc(SCc4cc(C)ccc4C)n3c2c1. The summed E-state index contributed by atoms with van der Waals surface area (Å²) in [5, 5.41) is 10.9. The van der Waals surface area contributed by atoms with E-state index in [1.807, 2.05) is 6.07 Å². The first kappa shape index (κ1) is 16.9. The number of pyridine rings is 1. The van der Waals surface area contributed by atoms with E-state index in [0.717, 1.165) is 27.8 Å². The number of methoxy groups -OCH3 is 1. The Bertz CT molecular complexity index is 1120. The maximum Gasteiger partial charge on any atom is 0.196 e. The highest BCUT2D eigenvalue weighted by atomic mass is 32.2. The van der Waals surface area contributed by atoms with Crippen LogP contribution in [0.5, 0.6) is 5.75 Å². The summed E-state index contributed by atoms with van der Waals surface area (Å²) in [7, 11) is 1.69. The van der Waals surface area contributed by atoms with Crippen LogP contribution in [0.1, 0.15) is 22.3 Å². The Labute approximate surface area is 157 Å². The Kier molecular flexibility index (Phi) is 4.32. The fraction of sp³-hybridized carbons (Fsp3) is 0.238. The van der Waals surface area contributed by atoms with Crippen molar-refractivity contribution >= 4 is 28.3 Å². The van der Waals surface area contributed by atoms with Crippen LogP contribution in [-0.4, -0.2) is 21.7 Å². The van der Waals surface area contributed by atoms with Gasteiger partial charge in [-0.25, -0.2) is 0 Å². The van der Waals surface area contributed by atoms with Gasteiger partial charge in [-0.2, -0.15) is 0 Å². The van der Waals surface area contributed by atoms with Crippen LogP contribution in [0.4, 0.5) is 0 Å². The number of fused-ring (bicyclic) bond motifs is 3. The van der Waals surface area contributed by atoms with E-state index in [4.69, 9.17) is 4.74 Å². The van der Waals surface area contributed by atoms with E-state index in [9.17, 15) is 0 Å². The van der Waals surface area contributed by atoms with Crippen LogP contribution < -0.4 is 4.74 Å². The number of benzene rings is 2. The van der Waals surface area contributed by atoms with Crippen LogP contribution in [0.25, 0.3) is 16.6 Å². The molecule has 4 nitrogen and oxygen atoms in total. The molecular weight excluding hydrogens is 342 g/mol. The van der Waals surface area contributed by atoms with Gasteiger partial charge in [0.15, 0.2) is 10.8 Å². The second kappa shape index (κ2) is 6.65.